The third-order valence-electron chi connectivity index (χ3n) is 2.63. The molecule has 0 aromatic heterocycles. The van der Waals surface area contributed by atoms with E-state index in [1.54, 1.807) is 4.31 Å². The van der Waals surface area contributed by atoms with Crippen LogP contribution in [0.2, 0.25) is 0 Å². The van der Waals surface area contributed by atoms with E-state index in [4.69, 9.17) is 0 Å². The average molecular weight is 245 g/mol. The highest BCUT2D eigenvalue weighted by molar-refractivity contribution is 7.89. The van der Waals surface area contributed by atoms with E-state index < -0.39 is 17.5 Å². The molecule has 1 aliphatic heterocycles. The van der Waals surface area contributed by atoms with E-state index in [0.717, 1.165) is 0 Å². The Bertz CT molecular complexity index is 338. The zero-order valence-electron chi connectivity index (χ0n) is 8.73. The highest BCUT2D eigenvalue weighted by Crippen LogP contribution is 2.21. The van der Waals surface area contributed by atoms with Gasteiger partial charge in [-0.2, -0.15) is 0 Å². The summed E-state index contributed by atoms with van der Waals surface area (Å²) in [5, 5.41) is 0. The Morgan fingerprint density at radius 1 is 1.19 bits per heavy atom. The van der Waals surface area contributed by atoms with Gasteiger partial charge in [0, 0.05) is 13.1 Å². The van der Waals surface area contributed by atoms with Gasteiger partial charge in [-0.25, -0.2) is 8.78 Å². The summed E-state index contributed by atoms with van der Waals surface area (Å²) in [4.78, 5) is 0.568. The molecule has 5 heteroatoms. The Hall–Kier alpha value is -0.650. The molecule has 0 aliphatic carbocycles. The molecule has 0 spiro atoms. The van der Waals surface area contributed by atoms with Gasteiger partial charge in [0.2, 0.25) is 0 Å². The molecule has 1 aromatic rings. The van der Waals surface area contributed by atoms with Crippen molar-refractivity contribution in [2.24, 2.45) is 0 Å². The van der Waals surface area contributed by atoms with Gasteiger partial charge in [0.25, 0.3) is 0 Å². The summed E-state index contributed by atoms with van der Waals surface area (Å²) < 4.78 is 39.3. The minimum Gasteiger partial charge on any atom is -0.593 e. The first-order valence-electron chi connectivity index (χ1n) is 5.23. The summed E-state index contributed by atoms with van der Waals surface area (Å²) in [5.41, 5.74) is 0. The lowest BCUT2D eigenvalue weighted by molar-refractivity contribution is 0.210. The van der Waals surface area contributed by atoms with E-state index in [1.807, 2.05) is 0 Å². The summed E-state index contributed by atoms with van der Waals surface area (Å²) in [7, 11) is 0. The van der Waals surface area contributed by atoms with E-state index in [0.29, 0.717) is 30.8 Å². The van der Waals surface area contributed by atoms with E-state index in [9.17, 15) is 13.3 Å². The van der Waals surface area contributed by atoms with Gasteiger partial charge in [0.15, 0.2) is 4.90 Å². The van der Waals surface area contributed by atoms with E-state index in [2.05, 4.69) is 0 Å². The quantitative estimate of drug-likeness (QED) is 0.747. The van der Waals surface area contributed by atoms with E-state index in [-0.39, 0.29) is 5.82 Å². The fourth-order valence-corrected chi connectivity index (χ4v) is 2.90. The number of rotatable bonds is 2. The van der Waals surface area contributed by atoms with Crippen LogP contribution in [0, 0.1) is 5.82 Å². The zero-order valence-corrected chi connectivity index (χ0v) is 9.55. The van der Waals surface area contributed by atoms with Crippen LogP contribution >= 0.6 is 0 Å². The molecule has 1 heterocycles. The van der Waals surface area contributed by atoms with Gasteiger partial charge < -0.3 is 4.55 Å². The molecule has 1 aliphatic rings. The van der Waals surface area contributed by atoms with Gasteiger partial charge in [-0.1, -0.05) is 0 Å². The van der Waals surface area contributed by atoms with Crippen LogP contribution in [0.3, 0.4) is 0 Å². The number of nitrogens with zero attached hydrogens (tertiary/aromatic N) is 1. The van der Waals surface area contributed by atoms with Crippen molar-refractivity contribution in [1.29, 1.82) is 0 Å². The molecule has 2 nitrogen and oxygen atoms in total. The SMILES string of the molecule is [O-][S+](c1ccc(F)cc1)N1CCC(F)CC1. The smallest absolute Gasteiger partial charge is 0.174 e. The van der Waals surface area contributed by atoms with Crippen molar-refractivity contribution in [2.75, 3.05) is 13.1 Å². The van der Waals surface area contributed by atoms with E-state index in [1.165, 1.54) is 24.3 Å². The van der Waals surface area contributed by atoms with Gasteiger partial charge in [0.05, 0.1) is 11.4 Å². The maximum atomic E-state index is 12.9. The van der Waals surface area contributed by atoms with Crippen molar-refractivity contribution in [3.05, 3.63) is 30.1 Å². The molecule has 1 fully saturated rings. The van der Waals surface area contributed by atoms with Crippen LogP contribution < -0.4 is 0 Å². The Balaban J connectivity index is 2.01. The fraction of sp³-hybridized carbons (Fsp3) is 0.455. The van der Waals surface area contributed by atoms with Crippen LogP contribution in [0.1, 0.15) is 12.8 Å². The first-order valence-corrected chi connectivity index (χ1v) is 6.34. The predicted octanol–water partition coefficient (Wildman–Crippen LogP) is 2.28. The van der Waals surface area contributed by atoms with Crippen LogP contribution in [0.4, 0.5) is 8.78 Å². The van der Waals surface area contributed by atoms with Crippen molar-refractivity contribution >= 4 is 11.4 Å². The molecule has 1 saturated heterocycles. The van der Waals surface area contributed by atoms with Crippen molar-refractivity contribution in [3.63, 3.8) is 0 Å². The molecular formula is C11H13F2NOS. The van der Waals surface area contributed by atoms with Crippen LogP contribution in [-0.2, 0) is 11.4 Å². The second-order valence-corrected chi connectivity index (χ2v) is 5.29. The molecule has 1 unspecified atom stereocenters. The molecule has 0 N–H and O–H groups in total. The minimum atomic E-state index is -1.29. The van der Waals surface area contributed by atoms with Crippen molar-refractivity contribution in [3.8, 4) is 0 Å². The summed E-state index contributed by atoms with van der Waals surface area (Å²) in [6, 6.07) is 5.59. The lowest BCUT2D eigenvalue weighted by Crippen LogP contribution is -2.38. The first-order chi connectivity index (χ1) is 7.66. The minimum absolute atomic E-state index is 0.344. The molecule has 88 valence electrons. The lowest BCUT2D eigenvalue weighted by atomic mass is 10.1. The number of alkyl halides is 1. The third kappa shape index (κ3) is 2.72. The Labute approximate surface area is 96.6 Å². The fourth-order valence-electron chi connectivity index (χ4n) is 1.69. The maximum Gasteiger partial charge on any atom is 0.174 e. The van der Waals surface area contributed by atoms with Gasteiger partial charge in [-0.3, -0.25) is 0 Å². The van der Waals surface area contributed by atoms with Crippen molar-refractivity contribution < 1.29 is 13.3 Å². The highest BCUT2D eigenvalue weighted by atomic mass is 32.2. The molecule has 16 heavy (non-hydrogen) atoms. The summed E-state index contributed by atoms with van der Waals surface area (Å²) in [6.45, 7) is 0.982. The Kier molecular flexibility index (Phi) is 3.78. The number of halogens is 2. The molecule has 1 atom stereocenters. The molecule has 2 rings (SSSR count). The average Bonchev–Trinajstić information content (AvgIpc) is 2.30. The third-order valence-corrected chi connectivity index (χ3v) is 4.14. The van der Waals surface area contributed by atoms with Crippen LogP contribution in [0.25, 0.3) is 0 Å². The highest BCUT2D eigenvalue weighted by Gasteiger charge is 2.28. The zero-order chi connectivity index (χ0) is 11.5. The predicted molar refractivity (Wildman–Crippen MR) is 58.5 cm³/mol. The monoisotopic (exact) mass is 245 g/mol. The Morgan fingerprint density at radius 2 is 1.75 bits per heavy atom. The largest absolute Gasteiger partial charge is 0.593 e. The summed E-state index contributed by atoms with van der Waals surface area (Å²) >= 11 is -1.29. The molecular weight excluding hydrogens is 232 g/mol. The number of hydrogen-bond acceptors (Lipinski definition) is 2. The van der Waals surface area contributed by atoms with Gasteiger partial charge in [0.1, 0.15) is 12.0 Å². The van der Waals surface area contributed by atoms with Gasteiger partial charge in [-0.15, -0.1) is 4.31 Å². The number of piperidine rings is 1. The number of benzene rings is 1. The van der Waals surface area contributed by atoms with Crippen LogP contribution in [-0.4, -0.2) is 28.1 Å². The van der Waals surface area contributed by atoms with Crippen LogP contribution in [0.5, 0.6) is 0 Å². The van der Waals surface area contributed by atoms with E-state index >= 15 is 0 Å². The van der Waals surface area contributed by atoms with Gasteiger partial charge in [-0.05, 0) is 37.1 Å². The molecule has 0 bridgehead atoms. The normalized spacial score (nSPS) is 20.9. The van der Waals surface area contributed by atoms with Crippen molar-refractivity contribution in [2.45, 2.75) is 23.9 Å². The number of hydrogen-bond donors (Lipinski definition) is 0. The Morgan fingerprint density at radius 3 is 2.31 bits per heavy atom. The summed E-state index contributed by atoms with van der Waals surface area (Å²) in [5.74, 6) is -0.344. The lowest BCUT2D eigenvalue weighted by Gasteiger charge is -2.28. The van der Waals surface area contributed by atoms with Crippen molar-refractivity contribution in [1.82, 2.24) is 4.31 Å². The first kappa shape index (κ1) is 11.8. The molecule has 1 aromatic carbocycles. The topological polar surface area (TPSA) is 26.3 Å². The van der Waals surface area contributed by atoms with Gasteiger partial charge >= 0.3 is 0 Å². The second kappa shape index (κ2) is 5.12. The molecule has 0 amide bonds. The molecule has 0 saturated carbocycles. The summed E-state index contributed by atoms with van der Waals surface area (Å²) in [6.07, 6.45) is 0.0707. The maximum absolute atomic E-state index is 12.9. The van der Waals surface area contributed by atoms with Crippen LogP contribution in [0.15, 0.2) is 29.2 Å². The standard InChI is InChI=1S/C11H13F2NOS/c12-9-1-3-11(4-2-9)16(15)14-7-5-10(13)6-8-14/h1-4,10H,5-8H2. The second-order valence-electron chi connectivity index (χ2n) is 3.81. The molecule has 0 radical (unpaired) electrons.